The third-order valence-corrected chi connectivity index (χ3v) is 3.93. The molecule has 1 saturated heterocycles. The molecule has 1 aliphatic rings. The zero-order chi connectivity index (χ0) is 12.7. The van der Waals surface area contributed by atoms with Crippen LogP contribution in [0.5, 0.6) is 0 Å². The van der Waals surface area contributed by atoms with Crippen LogP contribution in [0.3, 0.4) is 0 Å². The van der Waals surface area contributed by atoms with Gasteiger partial charge in [-0.25, -0.2) is 0 Å². The molecule has 1 atom stereocenters. The van der Waals surface area contributed by atoms with E-state index in [1.807, 2.05) is 0 Å². The average Bonchev–Trinajstić information content (AvgIpc) is 2.34. The quantitative estimate of drug-likeness (QED) is 0.737. The predicted octanol–water partition coefficient (Wildman–Crippen LogP) is 1.78. The topological polar surface area (TPSA) is 32.5 Å². The Morgan fingerprint density at radius 1 is 1.00 bits per heavy atom. The third kappa shape index (κ3) is 5.84. The van der Waals surface area contributed by atoms with Gasteiger partial charge in [-0.3, -0.25) is 0 Å². The molecule has 1 heterocycles. The third-order valence-electron chi connectivity index (χ3n) is 3.93. The molecule has 102 valence electrons. The molecular weight excluding hydrogens is 210 g/mol. The molecule has 0 bridgehead atoms. The maximum Gasteiger partial charge on any atom is 0.0110 e. The van der Waals surface area contributed by atoms with Crippen LogP contribution in [0, 0.1) is 5.92 Å². The van der Waals surface area contributed by atoms with E-state index in [9.17, 15) is 0 Å². The highest BCUT2D eigenvalue weighted by Gasteiger charge is 2.17. The van der Waals surface area contributed by atoms with Gasteiger partial charge in [0.15, 0.2) is 0 Å². The summed E-state index contributed by atoms with van der Waals surface area (Å²) < 4.78 is 0. The van der Waals surface area contributed by atoms with Crippen molar-refractivity contribution < 1.29 is 0 Å². The van der Waals surface area contributed by atoms with E-state index in [0.29, 0.717) is 12.0 Å². The predicted molar refractivity (Wildman–Crippen MR) is 75.2 cm³/mol. The van der Waals surface area contributed by atoms with Crippen molar-refractivity contribution in [2.45, 2.75) is 46.1 Å². The zero-order valence-electron chi connectivity index (χ0n) is 12.0. The van der Waals surface area contributed by atoms with Gasteiger partial charge in [0.1, 0.15) is 0 Å². The Morgan fingerprint density at radius 3 is 2.00 bits per heavy atom. The number of unbranched alkanes of at least 4 members (excludes halogenated alkanes) is 1. The summed E-state index contributed by atoms with van der Waals surface area (Å²) in [5.41, 5.74) is 6.09. The summed E-state index contributed by atoms with van der Waals surface area (Å²) in [6, 6.07) is 0.369. The largest absolute Gasteiger partial charge is 0.327 e. The molecule has 0 aromatic rings. The molecule has 17 heavy (non-hydrogen) atoms. The Morgan fingerprint density at radius 2 is 1.53 bits per heavy atom. The van der Waals surface area contributed by atoms with Crippen LogP contribution in [0.1, 0.15) is 40.0 Å². The van der Waals surface area contributed by atoms with Gasteiger partial charge in [-0.15, -0.1) is 0 Å². The Balaban J connectivity index is 2.10. The molecule has 3 heteroatoms. The van der Waals surface area contributed by atoms with Crippen molar-refractivity contribution >= 4 is 0 Å². The molecule has 0 spiro atoms. The monoisotopic (exact) mass is 241 g/mol. The van der Waals surface area contributed by atoms with Gasteiger partial charge < -0.3 is 15.5 Å². The fraction of sp³-hybridized carbons (Fsp3) is 1.00. The second kappa shape index (κ2) is 8.06. The smallest absolute Gasteiger partial charge is 0.0110 e. The SMILES string of the molecule is CCCCN1CCN(CCC(N)C(C)C)CC1. The lowest BCUT2D eigenvalue weighted by Crippen LogP contribution is -2.47. The van der Waals surface area contributed by atoms with E-state index in [1.54, 1.807) is 0 Å². The highest BCUT2D eigenvalue weighted by molar-refractivity contribution is 4.74. The average molecular weight is 241 g/mol. The van der Waals surface area contributed by atoms with Crippen LogP contribution >= 0.6 is 0 Å². The van der Waals surface area contributed by atoms with Crippen molar-refractivity contribution in [2.75, 3.05) is 39.3 Å². The first-order valence-electron chi connectivity index (χ1n) is 7.33. The highest BCUT2D eigenvalue weighted by Crippen LogP contribution is 2.07. The maximum atomic E-state index is 6.09. The Hall–Kier alpha value is -0.120. The fourth-order valence-corrected chi connectivity index (χ4v) is 2.28. The van der Waals surface area contributed by atoms with E-state index in [-0.39, 0.29) is 0 Å². The highest BCUT2D eigenvalue weighted by atomic mass is 15.3. The number of hydrogen-bond donors (Lipinski definition) is 1. The zero-order valence-corrected chi connectivity index (χ0v) is 12.0. The second-order valence-corrected chi connectivity index (χ2v) is 5.73. The summed E-state index contributed by atoms with van der Waals surface area (Å²) in [4.78, 5) is 5.17. The summed E-state index contributed by atoms with van der Waals surface area (Å²) in [6.45, 7) is 14.1. The van der Waals surface area contributed by atoms with Gasteiger partial charge >= 0.3 is 0 Å². The maximum absolute atomic E-state index is 6.09. The molecule has 3 nitrogen and oxygen atoms in total. The summed E-state index contributed by atoms with van der Waals surface area (Å²) in [5.74, 6) is 0.612. The van der Waals surface area contributed by atoms with Gasteiger partial charge in [-0.2, -0.15) is 0 Å². The van der Waals surface area contributed by atoms with Crippen LogP contribution in [0.15, 0.2) is 0 Å². The van der Waals surface area contributed by atoms with Gasteiger partial charge in [0.05, 0.1) is 0 Å². The van der Waals surface area contributed by atoms with E-state index < -0.39 is 0 Å². The van der Waals surface area contributed by atoms with Crippen LogP contribution in [-0.4, -0.2) is 55.1 Å². The summed E-state index contributed by atoms with van der Waals surface area (Å²) in [7, 11) is 0. The van der Waals surface area contributed by atoms with Crippen molar-refractivity contribution in [3.05, 3.63) is 0 Å². The minimum absolute atomic E-state index is 0.369. The molecule has 0 amide bonds. The molecule has 1 unspecified atom stereocenters. The number of piperazine rings is 1. The van der Waals surface area contributed by atoms with Gasteiger partial charge in [0.25, 0.3) is 0 Å². The second-order valence-electron chi connectivity index (χ2n) is 5.73. The minimum Gasteiger partial charge on any atom is -0.327 e. The first kappa shape index (κ1) is 14.9. The van der Waals surface area contributed by atoms with Crippen molar-refractivity contribution in [3.63, 3.8) is 0 Å². The Bertz CT molecular complexity index is 186. The molecule has 0 aromatic heterocycles. The molecule has 0 aromatic carbocycles. The van der Waals surface area contributed by atoms with Crippen LogP contribution in [-0.2, 0) is 0 Å². The van der Waals surface area contributed by atoms with Crippen LogP contribution in [0.4, 0.5) is 0 Å². The van der Waals surface area contributed by atoms with Crippen LogP contribution < -0.4 is 5.73 Å². The van der Waals surface area contributed by atoms with E-state index >= 15 is 0 Å². The van der Waals surface area contributed by atoms with E-state index in [1.165, 1.54) is 52.1 Å². The van der Waals surface area contributed by atoms with E-state index in [2.05, 4.69) is 30.6 Å². The molecule has 1 rings (SSSR count). The normalized spacial score (nSPS) is 21.0. The minimum atomic E-state index is 0.369. The van der Waals surface area contributed by atoms with Crippen LogP contribution in [0.25, 0.3) is 0 Å². The molecule has 1 fully saturated rings. The molecular formula is C14H31N3. The summed E-state index contributed by atoms with van der Waals surface area (Å²) in [6.07, 6.45) is 3.80. The molecule has 0 saturated carbocycles. The standard InChI is InChI=1S/C14H31N3/c1-4-5-7-16-9-11-17(12-10-16)8-6-14(15)13(2)3/h13-14H,4-12,15H2,1-3H3. The Kier molecular flexibility index (Phi) is 7.09. The summed E-state index contributed by atoms with van der Waals surface area (Å²) >= 11 is 0. The van der Waals surface area contributed by atoms with Crippen molar-refractivity contribution in [1.82, 2.24) is 9.80 Å². The lowest BCUT2D eigenvalue weighted by molar-refractivity contribution is 0.127. The number of rotatable bonds is 7. The van der Waals surface area contributed by atoms with Crippen LogP contribution in [0.2, 0.25) is 0 Å². The number of hydrogen-bond acceptors (Lipinski definition) is 3. The number of nitrogens with zero attached hydrogens (tertiary/aromatic N) is 2. The van der Waals surface area contributed by atoms with Crippen molar-refractivity contribution in [1.29, 1.82) is 0 Å². The first-order chi connectivity index (χ1) is 8.13. The number of nitrogens with two attached hydrogens (primary N) is 1. The van der Waals surface area contributed by atoms with Gasteiger partial charge in [0.2, 0.25) is 0 Å². The molecule has 0 radical (unpaired) electrons. The van der Waals surface area contributed by atoms with Gasteiger partial charge in [-0.1, -0.05) is 27.2 Å². The van der Waals surface area contributed by atoms with E-state index in [0.717, 1.165) is 6.42 Å². The van der Waals surface area contributed by atoms with Crippen molar-refractivity contribution in [3.8, 4) is 0 Å². The van der Waals surface area contributed by atoms with E-state index in [4.69, 9.17) is 5.73 Å². The fourth-order valence-electron chi connectivity index (χ4n) is 2.28. The van der Waals surface area contributed by atoms with Gasteiger partial charge in [-0.05, 0) is 31.8 Å². The molecule has 2 N–H and O–H groups in total. The lowest BCUT2D eigenvalue weighted by Gasteiger charge is -2.35. The lowest BCUT2D eigenvalue weighted by atomic mass is 10.0. The molecule has 1 aliphatic heterocycles. The first-order valence-corrected chi connectivity index (χ1v) is 7.33. The molecule has 0 aliphatic carbocycles. The Labute approximate surface area is 107 Å². The van der Waals surface area contributed by atoms with Crippen molar-refractivity contribution in [2.24, 2.45) is 11.7 Å². The van der Waals surface area contributed by atoms with Gasteiger partial charge in [0, 0.05) is 32.2 Å². The summed E-state index contributed by atoms with van der Waals surface area (Å²) in [5, 5.41) is 0.